The average Bonchev–Trinajstić information content (AvgIpc) is 2.85. The van der Waals surface area contributed by atoms with Gasteiger partial charge < -0.3 is 9.64 Å². The molecule has 1 aromatic rings. The van der Waals surface area contributed by atoms with Gasteiger partial charge in [0.05, 0.1) is 12.7 Å². The zero-order valence-electron chi connectivity index (χ0n) is 14.5. The number of methoxy groups -OCH3 is 1. The number of benzene rings is 1. The maximum Gasteiger partial charge on any atom is 0.277 e. The maximum absolute atomic E-state index is 12.9. The standard InChI is InChI=1S/C19H24N2O3/c1-4-21-18(22)16(14-7-5-6-8-15(14)24-3)17(19(21)23)20-11-9-13(2)10-12-20/h5-8,13H,4,9-12H2,1-3H3. The van der Waals surface area contributed by atoms with Gasteiger partial charge in [-0.15, -0.1) is 0 Å². The highest BCUT2D eigenvalue weighted by atomic mass is 16.5. The minimum Gasteiger partial charge on any atom is -0.496 e. The predicted molar refractivity (Wildman–Crippen MR) is 92.3 cm³/mol. The normalized spacial score (nSPS) is 19.5. The summed E-state index contributed by atoms with van der Waals surface area (Å²) in [5.74, 6) is 0.874. The van der Waals surface area contributed by atoms with Crippen molar-refractivity contribution in [1.29, 1.82) is 0 Å². The van der Waals surface area contributed by atoms with Crippen LogP contribution in [-0.2, 0) is 9.59 Å². The first-order chi connectivity index (χ1) is 11.6. The Balaban J connectivity index is 2.11. The molecule has 1 saturated heterocycles. The number of ether oxygens (including phenoxy) is 1. The number of imide groups is 1. The van der Waals surface area contributed by atoms with E-state index in [1.165, 1.54) is 4.90 Å². The fourth-order valence-electron chi connectivity index (χ4n) is 3.47. The van der Waals surface area contributed by atoms with Gasteiger partial charge in [0.25, 0.3) is 11.8 Å². The third-order valence-corrected chi connectivity index (χ3v) is 4.94. The zero-order chi connectivity index (χ0) is 17.3. The summed E-state index contributed by atoms with van der Waals surface area (Å²) < 4.78 is 5.43. The second-order valence-electron chi connectivity index (χ2n) is 6.45. The molecule has 5 nitrogen and oxygen atoms in total. The van der Waals surface area contributed by atoms with Gasteiger partial charge in [-0.05, 0) is 31.7 Å². The molecule has 2 aliphatic rings. The highest BCUT2D eigenvalue weighted by Gasteiger charge is 2.42. The topological polar surface area (TPSA) is 49.9 Å². The fraction of sp³-hybridized carbons (Fsp3) is 0.474. The molecular formula is C19H24N2O3. The molecule has 5 heteroatoms. The van der Waals surface area contributed by atoms with E-state index in [0.29, 0.717) is 35.0 Å². The SMILES string of the molecule is CCN1C(=O)C(c2ccccc2OC)=C(N2CCC(C)CC2)C1=O. The first-order valence-electron chi connectivity index (χ1n) is 8.57. The van der Waals surface area contributed by atoms with E-state index < -0.39 is 0 Å². The van der Waals surface area contributed by atoms with Crippen molar-refractivity contribution >= 4 is 17.4 Å². The smallest absolute Gasteiger partial charge is 0.277 e. The molecule has 2 aliphatic heterocycles. The van der Waals surface area contributed by atoms with Gasteiger partial charge in [0.2, 0.25) is 0 Å². The molecule has 0 saturated carbocycles. The molecule has 0 unspecified atom stereocenters. The summed E-state index contributed by atoms with van der Waals surface area (Å²) in [5, 5.41) is 0. The van der Waals surface area contributed by atoms with Crippen LogP contribution >= 0.6 is 0 Å². The number of likely N-dealkylation sites (tertiary alicyclic amines) is 1. The van der Waals surface area contributed by atoms with E-state index in [-0.39, 0.29) is 11.8 Å². The first kappa shape index (κ1) is 16.6. The van der Waals surface area contributed by atoms with E-state index in [9.17, 15) is 9.59 Å². The third kappa shape index (κ3) is 2.68. The Morgan fingerprint density at radius 1 is 1.12 bits per heavy atom. The molecule has 0 aromatic heterocycles. The summed E-state index contributed by atoms with van der Waals surface area (Å²) in [6.45, 7) is 6.06. The Morgan fingerprint density at radius 3 is 2.42 bits per heavy atom. The molecule has 2 heterocycles. The number of piperidine rings is 1. The van der Waals surface area contributed by atoms with E-state index in [1.54, 1.807) is 7.11 Å². The number of nitrogens with zero attached hydrogens (tertiary/aromatic N) is 2. The van der Waals surface area contributed by atoms with Gasteiger partial charge in [0.1, 0.15) is 11.4 Å². The molecule has 0 radical (unpaired) electrons. The lowest BCUT2D eigenvalue weighted by molar-refractivity contribution is -0.137. The highest BCUT2D eigenvalue weighted by molar-refractivity contribution is 6.36. The molecule has 24 heavy (non-hydrogen) atoms. The first-order valence-corrected chi connectivity index (χ1v) is 8.57. The van der Waals surface area contributed by atoms with E-state index in [4.69, 9.17) is 4.74 Å². The molecule has 1 fully saturated rings. The quantitative estimate of drug-likeness (QED) is 0.797. The van der Waals surface area contributed by atoms with Crippen LogP contribution in [0.15, 0.2) is 30.0 Å². The molecule has 0 aliphatic carbocycles. The van der Waals surface area contributed by atoms with Gasteiger partial charge in [-0.3, -0.25) is 14.5 Å². The lowest BCUT2D eigenvalue weighted by Gasteiger charge is -2.32. The van der Waals surface area contributed by atoms with Crippen LogP contribution in [0.1, 0.15) is 32.3 Å². The summed E-state index contributed by atoms with van der Waals surface area (Å²) >= 11 is 0. The number of likely N-dealkylation sites (N-methyl/N-ethyl adjacent to an activating group) is 1. The fourth-order valence-corrected chi connectivity index (χ4v) is 3.47. The summed E-state index contributed by atoms with van der Waals surface area (Å²) in [6, 6.07) is 7.41. The Kier molecular flexibility index (Phi) is 4.60. The number of carbonyl (C=O) groups excluding carboxylic acids is 2. The number of hydrogen-bond donors (Lipinski definition) is 0. The average molecular weight is 328 g/mol. The summed E-state index contributed by atoms with van der Waals surface area (Å²) in [7, 11) is 1.58. The Labute approximate surface area is 142 Å². The van der Waals surface area contributed by atoms with Crippen LogP contribution < -0.4 is 4.74 Å². The van der Waals surface area contributed by atoms with Crippen LogP contribution in [0.2, 0.25) is 0 Å². The van der Waals surface area contributed by atoms with Crippen molar-refractivity contribution in [2.24, 2.45) is 5.92 Å². The number of carbonyl (C=O) groups is 2. The predicted octanol–water partition coefficient (Wildman–Crippen LogP) is 2.53. The minimum absolute atomic E-state index is 0.182. The van der Waals surface area contributed by atoms with Gasteiger partial charge >= 0.3 is 0 Å². The minimum atomic E-state index is -0.222. The number of rotatable bonds is 4. The molecule has 0 N–H and O–H groups in total. The van der Waals surface area contributed by atoms with E-state index in [1.807, 2.05) is 31.2 Å². The van der Waals surface area contributed by atoms with E-state index in [0.717, 1.165) is 25.9 Å². The van der Waals surface area contributed by atoms with Crippen molar-refractivity contribution in [2.45, 2.75) is 26.7 Å². The number of amides is 2. The van der Waals surface area contributed by atoms with Crippen molar-refractivity contribution in [3.8, 4) is 5.75 Å². The van der Waals surface area contributed by atoms with Gasteiger partial charge in [-0.2, -0.15) is 0 Å². The van der Waals surface area contributed by atoms with Crippen molar-refractivity contribution in [2.75, 3.05) is 26.7 Å². The van der Waals surface area contributed by atoms with Crippen LogP contribution in [-0.4, -0.2) is 48.4 Å². The molecule has 2 amide bonds. The Morgan fingerprint density at radius 2 is 1.79 bits per heavy atom. The second-order valence-corrected chi connectivity index (χ2v) is 6.45. The maximum atomic E-state index is 12.9. The lowest BCUT2D eigenvalue weighted by Crippen LogP contribution is -2.38. The second kappa shape index (κ2) is 6.67. The van der Waals surface area contributed by atoms with E-state index in [2.05, 4.69) is 11.8 Å². The van der Waals surface area contributed by atoms with Crippen LogP contribution in [0.4, 0.5) is 0 Å². The van der Waals surface area contributed by atoms with Crippen molar-refractivity contribution < 1.29 is 14.3 Å². The van der Waals surface area contributed by atoms with Crippen LogP contribution in [0.3, 0.4) is 0 Å². The van der Waals surface area contributed by atoms with Gasteiger partial charge in [0.15, 0.2) is 0 Å². The van der Waals surface area contributed by atoms with Crippen LogP contribution in [0.25, 0.3) is 5.57 Å². The van der Waals surface area contributed by atoms with E-state index >= 15 is 0 Å². The molecule has 3 rings (SSSR count). The van der Waals surface area contributed by atoms with Gasteiger partial charge in [0, 0.05) is 25.2 Å². The van der Waals surface area contributed by atoms with Crippen LogP contribution in [0, 0.1) is 5.92 Å². The molecule has 0 bridgehead atoms. The third-order valence-electron chi connectivity index (χ3n) is 4.94. The largest absolute Gasteiger partial charge is 0.496 e. The molecule has 0 atom stereocenters. The summed E-state index contributed by atoms with van der Waals surface area (Å²) in [5.41, 5.74) is 1.72. The zero-order valence-corrected chi connectivity index (χ0v) is 14.5. The van der Waals surface area contributed by atoms with Crippen LogP contribution in [0.5, 0.6) is 5.75 Å². The number of para-hydroxylation sites is 1. The summed E-state index contributed by atoms with van der Waals surface area (Å²) in [4.78, 5) is 29.2. The summed E-state index contributed by atoms with van der Waals surface area (Å²) in [6.07, 6.45) is 2.08. The van der Waals surface area contributed by atoms with Crippen molar-refractivity contribution in [1.82, 2.24) is 9.80 Å². The van der Waals surface area contributed by atoms with Crippen molar-refractivity contribution in [3.63, 3.8) is 0 Å². The molecule has 128 valence electrons. The molecule has 0 spiro atoms. The molecular weight excluding hydrogens is 304 g/mol. The Hall–Kier alpha value is -2.30. The molecule has 1 aromatic carbocycles. The Bertz CT molecular complexity index is 688. The van der Waals surface area contributed by atoms with Crippen molar-refractivity contribution in [3.05, 3.63) is 35.5 Å². The number of hydrogen-bond acceptors (Lipinski definition) is 4. The monoisotopic (exact) mass is 328 g/mol. The lowest BCUT2D eigenvalue weighted by atomic mass is 9.97. The van der Waals surface area contributed by atoms with Gasteiger partial charge in [-0.25, -0.2) is 0 Å². The highest BCUT2D eigenvalue weighted by Crippen LogP contribution is 2.37. The van der Waals surface area contributed by atoms with Gasteiger partial charge in [-0.1, -0.05) is 25.1 Å².